The Kier molecular flexibility index (Phi) is 6.34. The molecule has 1 aliphatic rings. The van der Waals surface area contributed by atoms with Crippen LogP contribution in [0, 0.1) is 5.92 Å². The highest BCUT2D eigenvalue weighted by molar-refractivity contribution is 5.29. The third-order valence-electron chi connectivity index (χ3n) is 3.70. The van der Waals surface area contributed by atoms with E-state index in [2.05, 4.69) is 24.4 Å². The molecule has 1 atom stereocenters. The van der Waals surface area contributed by atoms with Crippen LogP contribution in [0.3, 0.4) is 0 Å². The van der Waals surface area contributed by atoms with Gasteiger partial charge in [-0.3, -0.25) is 0 Å². The largest absolute Gasteiger partial charge is 0.494 e. The highest BCUT2D eigenvalue weighted by Gasteiger charge is 2.20. The van der Waals surface area contributed by atoms with Crippen LogP contribution in [-0.4, -0.2) is 26.4 Å². The number of ether oxygens (including phenoxy) is 2. The highest BCUT2D eigenvalue weighted by Crippen LogP contribution is 2.32. The molecule has 0 saturated heterocycles. The van der Waals surface area contributed by atoms with Crippen LogP contribution < -0.4 is 10.1 Å². The topological polar surface area (TPSA) is 30.5 Å². The molecule has 3 nitrogen and oxygen atoms in total. The summed E-state index contributed by atoms with van der Waals surface area (Å²) in [6.45, 7) is 7.43. The molecule has 20 heavy (non-hydrogen) atoms. The second kappa shape index (κ2) is 8.28. The Balaban J connectivity index is 1.81. The maximum Gasteiger partial charge on any atom is 0.119 e. The van der Waals surface area contributed by atoms with E-state index < -0.39 is 0 Å². The van der Waals surface area contributed by atoms with Crippen molar-refractivity contribution in [3.8, 4) is 5.75 Å². The molecule has 0 bridgehead atoms. The number of benzene rings is 1. The molecule has 1 aliphatic carbocycles. The van der Waals surface area contributed by atoms with E-state index in [4.69, 9.17) is 9.47 Å². The van der Waals surface area contributed by atoms with E-state index in [0.717, 1.165) is 31.4 Å². The summed E-state index contributed by atoms with van der Waals surface area (Å²) in [5.74, 6) is 1.87. The molecular weight excluding hydrogens is 250 g/mol. The van der Waals surface area contributed by atoms with E-state index in [1.54, 1.807) is 0 Å². The standard InChI is InChI=1S/C17H27NO2/c1-3-18-17(13-19-12-11-14-5-6-14)15-7-9-16(10-8-15)20-4-2/h7-10,14,17-18H,3-6,11-13H2,1-2H3. The highest BCUT2D eigenvalue weighted by atomic mass is 16.5. The number of likely N-dealkylation sites (N-methyl/N-ethyl adjacent to an activating group) is 1. The van der Waals surface area contributed by atoms with Crippen LogP contribution >= 0.6 is 0 Å². The van der Waals surface area contributed by atoms with Crippen LogP contribution in [-0.2, 0) is 4.74 Å². The zero-order valence-corrected chi connectivity index (χ0v) is 12.7. The molecular formula is C17H27NO2. The van der Waals surface area contributed by atoms with Gasteiger partial charge in [0.2, 0.25) is 0 Å². The van der Waals surface area contributed by atoms with Crippen LogP contribution in [0.2, 0.25) is 0 Å². The Morgan fingerprint density at radius 3 is 2.55 bits per heavy atom. The monoisotopic (exact) mass is 277 g/mol. The van der Waals surface area contributed by atoms with E-state index in [0.29, 0.717) is 6.61 Å². The summed E-state index contributed by atoms with van der Waals surface area (Å²) in [7, 11) is 0. The molecule has 2 rings (SSSR count). The van der Waals surface area contributed by atoms with E-state index in [1.807, 2.05) is 19.1 Å². The number of nitrogens with one attached hydrogen (secondary N) is 1. The molecule has 1 aromatic rings. The summed E-state index contributed by atoms with van der Waals surface area (Å²) in [4.78, 5) is 0. The second-order valence-electron chi connectivity index (χ2n) is 5.42. The summed E-state index contributed by atoms with van der Waals surface area (Å²) in [6.07, 6.45) is 4.03. The first kappa shape index (κ1) is 15.3. The molecule has 1 N–H and O–H groups in total. The van der Waals surface area contributed by atoms with E-state index in [9.17, 15) is 0 Å². The van der Waals surface area contributed by atoms with Gasteiger partial charge in [0.25, 0.3) is 0 Å². The molecule has 1 fully saturated rings. The lowest BCUT2D eigenvalue weighted by atomic mass is 10.1. The first-order valence-electron chi connectivity index (χ1n) is 7.87. The van der Waals surface area contributed by atoms with Gasteiger partial charge < -0.3 is 14.8 Å². The van der Waals surface area contributed by atoms with Crippen LogP contribution in [0.25, 0.3) is 0 Å². The fourth-order valence-electron chi connectivity index (χ4n) is 2.34. The van der Waals surface area contributed by atoms with Crippen molar-refractivity contribution in [2.24, 2.45) is 5.92 Å². The van der Waals surface area contributed by atoms with Gasteiger partial charge in [0.1, 0.15) is 5.75 Å². The summed E-state index contributed by atoms with van der Waals surface area (Å²) in [6, 6.07) is 8.60. The van der Waals surface area contributed by atoms with Crippen LogP contribution in [0.15, 0.2) is 24.3 Å². The predicted molar refractivity (Wildman–Crippen MR) is 82.2 cm³/mol. The molecule has 1 aromatic carbocycles. The Labute approximate surface area is 122 Å². The van der Waals surface area contributed by atoms with Gasteiger partial charge in [-0.05, 0) is 43.5 Å². The van der Waals surface area contributed by atoms with Gasteiger partial charge in [-0.15, -0.1) is 0 Å². The average Bonchev–Trinajstić information content (AvgIpc) is 3.28. The first-order valence-corrected chi connectivity index (χ1v) is 7.87. The summed E-state index contributed by atoms with van der Waals surface area (Å²) in [5.41, 5.74) is 1.27. The van der Waals surface area contributed by atoms with E-state index in [1.165, 1.54) is 24.8 Å². The summed E-state index contributed by atoms with van der Waals surface area (Å²) in [5, 5.41) is 3.49. The zero-order valence-electron chi connectivity index (χ0n) is 12.7. The molecule has 3 heteroatoms. The van der Waals surface area contributed by atoms with Crippen LogP contribution in [0.5, 0.6) is 5.75 Å². The van der Waals surface area contributed by atoms with Crippen LogP contribution in [0.1, 0.15) is 44.7 Å². The Bertz CT molecular complexity index is 373. The minimum Gasteiger partial charge on any atom is -0.494 e. The van der Waals surface area contributed by atoms with Gasteiger partial charge in [-0.1, -0.05) is 31.9 Å². The quantitative estimate of drug-likeness (QED) is 0.663. The van der Waals surface area contributed by atoms with E-state index in [-0.39, 0.29) is 6.04 Å². The van der Waals surface area contributed by atoms with Crippen molar-refractivity contribution in [1.82, 2.24) is 5.32 Å². The fraction of sp³-hybridized carbons (Fsp3) is 0.647. The van der Waals surface area contributed by atoms with Gasteiger partial charge >= 0.3 is 0 Å². The Hall–Kier alpha value is -1.06. The maximum atomic E-state index is 5.84. The van der Waals surface area contributed by atoms with Crippen molar-refractivity contribution in [2.45, 2.75) is 39.2 Å². The molecule has 1 unspecified atom stereocenters. The number of hydrogen-bond acceptors (Lipinski definition) is 3. The fourth-order valence-corrected chi connectivity index (χ4v) is 2.34. The summed E-state index contributed by atoms with van der Waals surface area (Å²) >= 11 is 0. The van der Waals surface area contributed by atoms with Gasteiger partial charge in [-0.2, -0.15) is 0 Å². The molecule has 0 radical (unpaired) electrons. The number of rotatable bonds is 10. The maximum absolute atomic E-state index is 5.84. The molecule has 112 valence electrons. The van der Waals surface area contributed by atoms with Crippen molar-refractivity contribution in [3.63, 3.8) is 0 Å². The SMILES string of the molecule is CCNC(COCCC1CC1)c1ccc(OCC)cc1. The lowest BCUT2D eigenvalue weighted by molar-refractivity contribution is 0.107. The molecule has 0 aliphatic heterocycles. The third kappa shape index (κ3) is 5.14. The van der Waals surface area contributed by atoms with Crippen molar-refractivity contribution in [1.29, 1.82) is 0 Å². The minimum absolute atomic E-state index is 0.273. The smallest absolute Gasteiger partial charge is 0.119 e. The lowest BCUT2D eigenvalue weighted by Gasteiger charge is -2.19. The zero-order chi connectivity index (χ0) is 14.2. The minimum atomic E-state index is 0.273. The molecule has 1 saturated carbocycles. The van der Waals surface area contributed by atoms with Gasteiger partial charge in [0.15, 0.2) is 0 Å². The first-order chi connectivity index (χ1) is 9.83. The normalized spacial score (nSPS) is 16.1. The lowest BCUT2D eigenvalue weighted by Crippen LogP contribution is -2.25. The van der Waals surface area contributed by atoms with E-state index >= 15 is 0 Å². The third-order valence-corrected chi connectivity index (χ3v) is 3.70. The van der Waals surface area contributed by atoms with Crippen molar-refractivity contribution < 1.29 is 9.47 Å². The average molecular weight is 277 g/mol. The van der Waals surface area contributed by atoms with Gasteiger partial charge in [0.05, 0.1) is 19.3 Å². The van der Waals surface area contributed by atoms with Crippen molar-refractivity contribution >= 4 is 0 Å². The van der Waals surface area contributed by atoms with Crippen LogP contribution in [0.4, 0.5) is 0 Å². The molecule has 0 amide bonds. The predicted octanol–water partition coefficient (Wildman–Crippen LogP) is 3.55. The molecule has 0 aromatic heterocycles. The molecule has 0 spiro atoms. The number of hydrogen-bond donors (Lipinski definition) is 1. The van der Waals surface area contributed by atoms with Gasteiger partial charge in [-0.25, -0.2) is 0 Å². The van der Waals surface area contributed by atoms with Gasteiger partial charge in [0, 0.05) is 6.61 Å². The molecule has 0 heterocycles. The Morgan fingerprint density at radius 2 is 1.95 bits per heavy atom. The van der Waals surface area contributed by atoms with Crippen molar-refractivity contribution in [2.75, 3.05) is 26.4 Å². The second-order valence-corrected chi connectivity index (χ2v) is 5.42. The summed E-state index contributed by atoms with van der Waals surface area (Å²) < 4.78 is 11.3. The Morgan fingerprint density at radius 1 is 1.20 bits per heavy atom. The van der Waals surface area contributed by atoms with Crippen molar-refractivity contribution in [3.05, 3.63) is 29.8 Å².